The molecule has 3 rings (SSSR count). The zero-order valence-electron chi connectivity index (χ0n) is 13.4. The quantitative estimate of drug-likeness (QED) is 0.777. The molecule has 2 aromatic heterocycles. The topological polar surface area (TPSA) is 77.2 Å². The summed E-state index contributed by atoms with van der Waals surface area (Å²) in [5.41, 5.74) is 2.75. The zero-order valence-corrected chi connectivity index (χ0v) is 13.4. The van der Waals surface area contributed by atoms with Gasteiger partial charge in [-0.1, -0.05) is 17.3 Å². The van der Waals surface area contributed by atoms with Crippen molar-refractivity contribution < 1.29 is 14.1 Å². The summed E-state index contributed by atoms with van der Waals surface area (Å²) in [4.78, 5) is 16.5. The Kier molecular flexibility index (Phi) is 4.56. The normalized spacial score (nSPS) is 10.4. The van der Waals surface area contributed by atoms with Crippen molar-refractivity contribution in [2.75, 3.05) is 5.32 Å². The summed E-state index contributed by atoms with van der Waals surface area (Å²) in [7, 11) is 0. The molecule has 122 valence electrons. The van der Waals surface area contributed by atoms with Crippen LogP contribution in [0.1, 0.15) is 27.4 Å². The van der Waals surface area contributed by atoms with Crippen molar-refractivity contribution in [2.45, 2.75) is 20.5 Å². The van der Waals surface area contributed by atoms with Crippen molar-refractivity contribution in [3.63, 3.8) is 0 Å². The number of pyridine rings is 1. The molecule has 0 saturated heterocycles. The highest BCUT2D eigenvalue weighted by Gasteiger charge is 2.15. The monoisotopic (exact) mass is 323 g/mol. The second-order valence-electron chi connectivity index (χ2n) is 5.28. The van der Waals surface area contributed by atoms with Gasteiger partial charge in [0, 0.05) is 6.20 Å². The molecular formula is C18H17N3O3. The highest BCUT2D eigenvalue weighted by molar-refractivity contribution is 6.06. The number of anilines is 1. The summed E-state index contributed by atoms with van der Waals surface area (Å²) in [6.07, 6.45) is 3.24. The van der Waals surface area contributed by atoms with Gasteiger partial charge in [0.05, 0.1) is 28.7 Å². The molecule has 0 unspecified atom stereocenters. The standard InChI is InChI=1S/C18H17N3O3/c1-12-16(13(2)24-21-12)11-23-17-8-4-3-7-15(17)18(22)20-14-6-5-9-19-10-14/h3-10H,11H2,1-2H3,(H,20,22). The van der Waals surface area contributed by atoms with E-state index < -0.39 is 0 Å². The number of para-hydroxylation sites is 1. The molecule has 0 aliphatic carbocycles. The third kappa shape index (κ3) is 3.43. The molecule has 0 spiro atoms. The molecule has 0 radical (unpaired) electrons. The van der Waals surface area contributed by atoms with Crippen LogP contribution in [0.4, 0.5) is 5.69 Å². The predicted molar refractivity (Wildman–Crippen MR) is 88.9 cm³/mol. The largest absolute Gasteiger partial charge is 0.488 e. The van der Waals surface area contributed by atoms with Crippen LogP contribution in [0.5, 0.6) is 5.75 Å². The van der Waals surface area contributed by atoms with Crippen LogP contribution in [0.3, 0.4) is 0 Å². The van der Waals surface area contributed by atoms with Gasteiger partial charge in [-0.25, -0.2) is 0 Å². The van der Waals surface area contributed by atoms with Gasteiger partial charge in [-0.15, -0.1) is 0 Å². The fourth-order valence-corrected chi connectivity index (χ4v) is 2.27. The Bertz CT molecular complexity index is 824. The fraction of sp³-hybridized carbons (Fsp3) is 0.167. The number of carbonyl (C=O) groups is 1. The second-order valence-corrected chi connectivity index (χ2v) is 5.28. The predicted octanol–water partition coefficient (Wildman–Crippen LogP) is 3.52. The van der Waals surface area contributed by atoms with Crippen molar-refractivity contribution in [2.24, 2.45) is 0 Å². The lowest BCUT2D eigenvalue weighted by Crippen LogP contribution is -2.13. The van der Waals surface area contributed by atoms with E-state index in [0.29, 0.717) is 29.4 Å². The van der Waals surface area contributed by atoms with E-state index in [4.69, 9.17) is 9.26 Å². The third-order valence-electron chi connectivity index (χ3n) is 3.60. The lowest BCUT2D eigenvalue weighted by atomic mass is 10.1. The minimum atomic E-state index is -0.252. The molecule has 3 aromatic rings. The number of ether oxygens (including phenoxy) is 1. The number of nitrogens with one attached hydrogen (secondary N) is 1. The molecule has 0 fully saturated rings. The number of hydrogen-bond donors (Lipinski definition) is 1. The number of hydrogen-bond acceptors (Lipinski definition) is 5. The molecule has 2 heterocycles. The first-order valence-corrected chi connectivity index (χ1v) is 7.50. The lowest BCUT2D eigenvalue weighted by molar-refractivity contribution is 0.102. The van der Waals surface area contributed by atoms with Gasteiger partial charge < -0.3 is 14.6 Å². The molecule has 0 bridgehead atoms. The van der Waals surface area contributed by atoms with Crippen LogP contribution in [0.2, 0.25) is 0 Å². The van der Waals surface area contributed by atoms with Gasteiger partial charge in [0.15, 0.2) is 0 Å². The second kappa shape index (κ2) is 6.95. The van der Waals surface area contributed by atoms with Crippen molar-refractivity contribution in [1.82, 2.24) is 10.1 Å². The van der Waals surface area contributed by atoms with Crippen LogP contribution in [0.25, 0.3) is 0 Å². The van der Waals surface area contributed by atoms with Gasteiger partial charge in [0.2, 0.25) is 0 Å². The minimum Gasteiger partial charge on any atom is -0.488 e. The molecule has 1 amide bonds. The van der Waals surface area contributed by atoms with Gasteiger partial charge in [-0.3, -0.25) is 9.78 Å². The number of aromatic nitrogens is 2. The van der Waals surface area contributed by atoms with Crippen LogP contribution < -0.4 is 10.1 Å². The van der Waals surface area contributed by atoms with Crippen molar-refractivity contribution in [1.29, 1.82) is 0 Å². The maximum atomic E-state index is 12.5. The zero-order chi connectivity index (χ0) is 16.9. The molecule has 0 saturated carbocycles. The Morgan fingerprint density at radius 1 is 1.21 bits per heavy atom. The molecule has 0 atom stereocenters. The molecular weight excluding hydrogens is 306 g/mol. The summed E-state index contributed by atoms with van der Waals surface area (Å²) in [5.74, 6) is 0.959. The maximum Gasteiger partial charge on any atom is 0.259 e. The van der Waals surface area contributed by atoms with Gasteiger partial charge in [-0.05, 0) is 38.1 Å². The Morgan fingerprint density at radius 3 is 2.75 bits per heavy atom. The Labute approximate surface area is 139 Å². The Balaban J connectivity index is 1.76. The summed E-state index contributed by atoms with van der Waals surface area (Å²) in [5, 5.41) is 6.70. The third-order valence-corrected chi connectivity index (χ3v) is 3.60. The number of aryl methyl sites for hydroxylation is 2. The van der Waals surface area contributed by atoms with Crippen molar-refractivity contribution in [3.05, 3.63) is 71.4 Å². The molecule has 0 aliphatic rings. The van der Waals surface area contributed by atoms with Crippen LogP contribution in [-0.4, -0.2) is 16.0 Å². The van der Waals surface area contributed by atoms with Crippen molar-refractivity contribution in [3.8, 4) is 5.75 Å². The SMILES string of the molecule is Cc1noc(C)c1COc1ccccc1C(=O)Nc1cccnc1. The first-order valence-electron chi connectivity index (χ1n) is 7.50. The first kappa shape index (κ1) is 15.7. The van der Waals surface area contributed by atoms with E-state index in [-0.39, 0.29) is 5.91 Å². The van der Waals surface area contributed by atoms with E-state index >= 15 is 0 Å². The Hall–Kier alpha value is -3.15. The molecule has 24 heavy (non-hydrogen) atoms. The van der Waals surface area contributed by atoms with E-state index in [2.05, 4.69) is 15.5 Å². The summed E-state index contributed by atoms with van der Waals surface area (Å²) < 4.78 is 10.9. The number of carbonyl (C=O) groups excluding carboxylic acids is 1. The summed E-state index contributed by atoms with van der Waals surface area (Å²) in [6, 6.07) is 10.6. The Morgan fingerprint density at radius 2 is 2.04 bits per heavy atom. The van der Waals surface area contributed by atoms with Gasteiger partial charge in [0.1, 0.15) is 18.1 Å². The van der Waals surface area contributed by atoms with E-state index in [1.54, 1.807) is 42.7 Å². The number of benzene rings is 1. The smallest absolute Gasteiger partial charge is 0.259 e. The van der Waals surface area contributed by atoms with Gasteiger partial charge in [-0.2, -0.15) is 0 Å². The summed E-state index contributed by atoms with van der Waals surface area (Å²) in [6.45, 7) is 3.98. The van der Waals surface area contributed by atoms with Gasteiger partial charge >= 0.3 is 0 Å². The average Bonchev–Trinajstić information content (AvgIpc) is 2.92. The van der Waals surface area contributed by atoms with Crippen molar-refractivity contribution >= 4 is 11.6 Å². The van der Waals surface area contributed by atoms with Crippen LogP contribution in [-0.2, 0) is 6.61 Å². The average molecular weight is 323 g/mol. The number of amides is 1. The number of rotatable bonds is 5. The molecule has 1 N–H and O–H groups in total. The van der Waals surface area contributed by atoms with E-state index in [1.165, 1.54) is 0 Å². The van der Waals surface area contributed by atoms with Gasteiger partial charge in [0.25, 0.3) is 5.91 Å². The molecule has 6 nitrogen and oxygen atoms in total. The van der Waals surface area contributed by atoms with Crippen LogP contribution in [0, 0.1) is 13.8 Å². The van der Waals surface area contributed by atoms with Crippen LogP contribution >= 0.6 is 0 Å². The van der Waals surface area contributed by atoms with E-state index in [9.17, 15) is 4.79 Å². The van der Waals surface area contributed by atoms with E-state index in [0.717, 1.165) is 11.3 Å². The highest BCUT2D eigenvalue weighted by atomic mass is 16.5. The van der Waals surface area contributed by atoms with Crippen LogP contribution in [0.15, 0.2) is 53.3 Å². The van der Waals surface area contributed by atoms with E-state index in [1.807, 2.05) is 19.9 Å². The molecule has 6 heteroatoms. The fourth-order valence-electron chi connectivity index (χ4n) is 2.27. The molecule has 0 aliphatic heterocycles. The summed E-state index contributed by atoms with van der Waals surface area (Å²) >= 11 is 0. The number of nitrogens with zero attached hydrogens (tertiary/aromatic N) is 2. The lowest BCUT2D eigenvalue weighted by Gasteiger charge is -2.11. The maximum absolute atomic E-state index is 12.5. The first-order chi connectivity index (χ1) is 11.6. The minimum absolute atomic E-state index is 0.252. The molecule has 1 aromatic carbocycles. The highest BCUT2D eigenvalue weighted by Crippen LogP contribution is 2.22.